The van der Waals surface area contributed by atoms with Crippen molar-refractivity contribution in [2.75, 3.05) is 37.4 Å². The van der Waals surface area contributed by atoms with Crippen LogP contribution >= 0.6 is 23.2 Å². The molecule has 0 saturated carbocycles. The molecule has 22 heteroatoms. The van der Waals surface area contributed by atoms with Gasteiger partial charge in [0, 0.05) is 58.2 Å². The van der Waals surface area contributed by atoms with Crippen molar-refractivity contribution in [1.29, 1.82) is 0 Å². The average molecular weight is 837 g/mol. The first-order chi connectivity index (χ1) is 26.9. The fraction of sp³-hybridized carbons (Fsp3) is 0.543. The van der Waals surface area contributed by atoms with Gasteiger partial charge in [-0.3, -0.25) is 19.5 Å². The molecule has 1 saturated heterocycles. The van der Waals surface area contributed by atoms with E-state index < -0.39 is 28.3 Å². The van der Waals surface area contributed by atoms with Gasteiger partial charge in [0.15, 0.2) is 5.82 Å². The van der Waals surface area contributed by atoms with Crippen LogP contribution in [0.1, 0.15) is 78.5 Å². The first-order valence-corrected chi connectivity index (χ1v) is 18.9. The van der Waals surface area contributed by atoms with E-state index in [0.29, 0.717) is 50.5 Å². The Morgan fingerprint density at radius 1 is 0.860 bits per heavy atom. The van der Waals surface area contributed by atoms with Crippen molar-refractivity contribution in [1.82, 2.24) is 50.1 Å². The number of hydrogen-bond acceptors (Lipinski definition) is 15. The number of carbonyl (C=O) groups excluding carboxylic acids is 2. The molecule has 0 bridgehead atoms. The molecular formula is C35H51Cl2N13O7. The number of nitrogens with two attached hydrogens (primary N) is 1. The van der Waals surface area contributed by atoms with Crippen LogP contribution in [0.15, 0.2) is 37.2 Å². The van der Waals surface area contributed by atoms with Crippen molar-refractivity contribution < 1.29 is 28.7 Å². The summed E-state index contributed by atoms with van der Waals surface area (Å²) >= 11 is 11.5. The first kappa shape index (κ1) is 46.0. The van der Waals surface area contributed by atoms with E-state index in [1.807, 2.05) is 27.0 Å². The highest BCUT2D eigenvalue weighted by molar-refractivity contribution is 6.28. The molecule has 1 aliphatic rings. The minimum absolute atomic E-state index is 0.0452. The van der Waals surface area contributed by atoms with Crippen LogP contribution in [0, 0.1) is 10.1 Å². The molecule has 0 aliphatic carbocycles. The number of rotatable bonds is 13. The average Bonchev–Trinajstić information content (AvgIpc) is 3.91. The van der Waals surface area contributed by atoms with Gasteiger partial charge in [0.25, 0.3) is 0 Å². The molecule has 0 spiro atoms. The molecule has 5 rings (SSSR count). The molecular weight excluding hydrogens is 785 g/mol. The second kappa shape index (κ2) is 22.4. The maximum absolute atomic E-state index is 11.6. The lowest BCUT2D eigenvalue weighted by atomic mass is 10.2. The molecule has 5 N–H and O–H groups in total. The quantitative estimate of drug-likeness (QED) is 0.0513. The number of aryl methyl sites for hydroxylation is 2. The topological polar surface area (TPSA) is 254 Å². The first-order valence-electron chi connectivity index (χ1n) is 18.1. The van der Waals surface area contributed by atoms with E-state index in [1.54, 1.807) is 48.7 Å². The molecule has 1 fully saturated rings. The number of alkyl carbamates (subject to hydrolysis) is 2. The second-order valence-corrected chi connectivity index (χ2v) is 15.1. The van der Waals surface area contributed by atoms with Crippen molar-refractivity contribution in [3.63, 3.8) is 0 Å². The van der Waals surface area contributed by atoms with Crippen LogP contribution < -0.4 is 21.7 Å². The lowest BCUT2D eigenvalue weighted by Gasteiger charge is -2.19. The van der Waals surface area contributed by atoms with Crippen LogP contribution in [-0.4, -0.2) is 94.1 Å². The van der Waals surface area contributed by atoms with Crippen LogP contribution in [0.2, 0.25) is 10.6 Å². The van der Waals surface area contributed by atoms with Gasteiger partial charge < -0.3 is 35.9 Å². The van der Waals surface area contributed by atoms with E-state index in [9.17, 15) is 19.7 Å². The summed E-state index contributed by atoms with van der Waals surface area (Å²) < 4.78 is 18.7. The van der Waals surface area contributed by atoms with E-state index in [-0.39, 0.29) is 28.4 Å². The van der Waals surface area contributed by atoms with Gasteiger partial charge in [-0.15, -0.1) is 0 Å². The van der Waals surface area contributed by atoms with Crippen LogP contribution in [0.25, 0.3) is 0 Å². The molecule has 4 aromatic heterocycles. The Kier molecular flexibility index (Phi) is 18.1. The Balaban J connectivity index is 0.000000272. The lowest BCUT2D eigenvalue weighted by molar-refractivity contribution is -0.386. The van der Waals surface area contributed by atoms with E-state index in [4.69, 9.17) is 43.1 Å². The van der Waals surface area contributed by atoms with Crippen LogP contribution in [-0.2, 0) is 33.7 Å². The number of nitro groups is 1. The molecule has 2 amide bonds. The zero-order chi connectivity index (χ0) is 42.0. The maximum Gasteiger partial charge on any atom is 0.407 e. The summed E-state index contributed by atoms with van der Waals surface area (Å²) in [5.41, 5.74) is 6.66. The van der Waals surface area contributed by atoms with Gasteiger partial charge in [-0.25, -0.2) is 24.5 Å². The summed E-state index contributed by atoms with van der Waals surface area (Å²) in [5, 5.41) is 28.0. The van der Waals surface area contributed by atoms with E-state index >= 15 is 0 Å². The Bertz CT molecular complexity index is 1880. The number of amides is 2. The summed E-state index contributed by atoms with van der Waals surface area (Å²) in [5.74, 6) is 0.422. The van der Waals surface area contributed by atoms with Gasteiger partial charge in [-0.1, -0.05) is 0 Å². The number of nitrogens with one attached hydrogen (secondary N) is 3. The van der Waals surface area contributed by atoms with Gasteiger partial charge in [0.2, 0.25) is 10.6 Å². The number of carbonyl (C=O) groups is 2. The zero-order valence-electron chi connectivity index (χ0n) is 33.0. The van der Waals surface area contributed by atoms with Crippen molar-refractivity contribution in [3.8, 4) is 0 Å². The number of hydrogen-bond donors (Lipinski definition) is 4. The molecule has 57 heavy (non-hydrogen) atoms. The molecule has 1 aliphatic heterocycles. The molecule has 4 aromatic rings. The van der Waals surface area contributed by atoms with E-state index in [0.717, 1.165) is 30.7 Å². The number of halogens is 2. The molecule has 0 aromatic carbocycles. The summed E-state index contributed by atoms with van der Waals surface area (Å²) in [4.78, 5) is 49.0. The highest BCUT2D eigenvalue weighted by atomic mass is 35.5. The number of ether oxygens (including phenoxy) is 3. The van der Waals surface area contributed by atoms with Crippen molar-refractivity contribution in [3.05, 3.63) is 69.1 Å². The number of aromatic nitrogens is 8. The third kappa shape index (κ3) is 18.9. The van der Waals surface area contributed by atoms with Crippen molar-refractivity contribution in [2.24, 2.45) is 0 Å². The standard InChI is InChI=1S/C16H21ClN6O4.C15H22ClN7O2.C4H8O/c1-16(2,3)27-15(24)18-5-4-6-22-10-11(8-20-22)7-12-13(23(25)26)9-19-14(17)21-12;1-15(2,3)25-14(24)18-5-4-6-23-9-10(7-20-23)21-12-11(17)8-19-13(16)22-12;1-2-4-5-3-1/h8-10H,4-7H2,1-3H3,(H,18,24);7-9H,4-6,17H2,1-3H3,(H,18,24)(H,19,21,22);1-4H2. The highest BCUT2D eigenvalue weighted by Gasteiger charge is 2.19. The molecule has 0 atom stereocenters. The number of nitrogens with zero attached hydrogens (tertiary/aromatic N) is 9. The monoisotopic (exact) mass is 835 g/mol. The van der Waals surface area contributed by atoms with Crippen molar-refractivity contribution in [2.45, 2.75) is 97.9 Å². The Labute approximate surface area is 340 Å². The van der Waals surface area contributed by atoms with Crippen LogP contribution in [0.5, 0.6) is 0 Å². The van der Waals surface area contributed by atoms with Gasteiger partial charge in [-0.05, 0) is 96.0 Å². The fourth-order valence-electron chi connectivity index (χ4n) is 4.64. The predicted molar refractivity (Wildman–Crippen MR) is 213 cm³/mol. The summed E-state index contributed by atoms with van der Waals surface area (Å²) in [6, 6.07) is 0. The third-order valence-corrected chi connectivity index (χ3v) is 7.41. The van der Waals surface area contributed by atoms with Gasteiger partial charge >= 0.3 is 17.9 Å². The minimum Gasteiger partial charge on any atom is -0.444 e. The van der Waals surface area contributed by atoms with Gasteiger partial charge in [-0.2, -0.15) is 15.2 Å². The molecule has 20 nitrogen and oxygen atoms in total. The minimum atomic E-state index is -0.543. The molecule has 0 unspecified atom stereocenters. The fourth-order valence-corrected chi connectivity index (χ4v) is 4.93. The molecule has 5 heterocycles. The molecule has 312 valence electrons. The summed E-state index contributed by atoms with van der Waals surface area (Å²) in [6.45, 7) is 15.0. The van der Waals surface area contributed by atoms with Gasteiger partial charge in [0.05, 0.1) is 34.9 Å². The van der Waals surface area contributed by atoms with E-state index in [1.165, 1.54) is 19.0 Å². The number of nitrogen functional groups attached to an aromatic ring is 1. The lowest BCUT2D eigenvalue weighted by Crippen LogP contribution is -2.33. The van der Waals surface area contributed by atoms with Gasteiger partial charge in [0.1, 0.15) is 23.1 Å². The smallest absolute Gasteiger partial charge is 0.407 e. The van der Waals surface area contributed by atoms with Crippen LogP contribution in [0.3, 0.4) is 0 Å². The van der Waals surface area contributed by atoms with Crippen LogP contribution in [0.4, 0.5) is 32.5 Å². The molecule has 0 radical (unpaired) electrons. The Morgan fingerprint density at radius 3 is 1.95 bits per heavy atom. The zero-order valence-corrected chi connectivity index (χ0v) is 34.5. The maximum atomic E-state index is 11.6. The summed E-state index contributed by atoms with van der Waals surface area (Å²) in [7, 11) is 0. The second-order valence-electron chi connectivity index (χ2n) is 14.5. The highest BCUT2D eigenvalue weighted by Crippen LogP contribution is 2.22. The third-order valence-electron chi connectivity index (χ3n) is 7.05. The Hall–Kier alpha value is -5.34. The van der Waals surface area contributed by atoms with Crippen molar-refractivity contribution >= 4 is 58.3 Å². The summed E-state index contributed by atoms with van der Waals surface area (Å²) in [6.07, 6.45) is 12.6. The Morgan fingerprint density at radius 2 is 1.40 bits per heavy atom. The predicted octanol–water partition coefficient (Wildman–Crippen LogP) is 6.10. The SMILES string of the molecule is C1CCOC1.CC(C)(C)OC(=O)NCCCn1cc(Cc2nc(Cl)ncc2[N+](=O)[O-])cn1.CC(C)(C)OC(=O)NCCCn1cc(Nc2nc(Cl)ncc2N)cn1. The normalized spacial score (nSPS) is 12.4. The number of anilines is 3. The van der Waals surface area contributed by atoms with E-state index in [2.05, 4.69) is 46.1 Å². The largest absolute Gasteiger partial charge is 0.444 e.